The molecule has 0 saturated heterocycles. The first-order valence-electron chi connectivity index (χ1n) is 5.51. The van der Waals surface area contributed by atoms with Crippen molar-refractivity contribution in [3.63, 3.8) is 0 Å². The van der Waals surface area contributed by atoms with Gasteiger partial charge in [0, 0.05) is 5.56 Å². The van der Waals surface area contributed by atoms with E-state index < -0.39 is 6.04 Å². The molecule has 0 aliphatic rings. The van der Waals surface area contributed by atoms with Crippen molar-refractivity contribution in [2.45, 2.75) is 13.0 Å². The molecule has 0 radical (unpaired) electrons. The lowest BCUT2D eigenvalue weighted by Gasteiger charge is -2.17. The summed E-state index contributed by atoms with van der Waals surface area (Å²) in [5.74, 6) is 7.10. The Morgan fingerprint density at radius 2 is 2.11 bits per heavy atom. The molecule has 4 nitrogen and oxygen atoms in total. The molecular weight excluding hydrogens is 235 g/mol. The van der Waals surface area contributed by atoms with Crippen molar-refractivity contribution in [1.29, 1.82) is 0 Å². The Morgan fingerprint density at radius 3 is 2.67 bits per heavy atom. The van der Waals surface area contributed by atoms with Crippen LogP contribution in [-0.2, 0) is 0 Å². The zero-order valence-electron chi connectivity index (χ0n) is 10.2. The van der Waals surface area contributed by atoms with Gasteiger partial charge in [-0.1, -0.05) is 0 Å². The Kier molecular flexibility index (Phi) is 3.64. The molecule has 0 aliphatic heterocycles. The predicted octanol–water partition coefficient (Wildman–Crippen LogP) is 2.29. The summed E-state index contributed by atoms with van der Waals surface area (Å²) in [6.45, 7) is 1.83. The van der Waals surface area contributed by atoms with Crippen LogP contribution in [0.5, 0.6) is 5.75 Å². The van der Waals surface area contributed by atoms with Crippen LogP contribution in [0.4, 0.5) is 4.39 Å². The maximum absolute atomic E-state index is 13.3. The topological polar surface area (TPSA) is 60.4 Å². The second-order valence-corrected chi connectivity index (χ2v) is 3.93. The second-order valence-electron chi connectivity index (χ2n) is 3.93. The van der Waals surface area contributed by atoms with Crippen molar-refractivity contribution >= 4 is 0 Å². The van der Waals surface area contributed by atoms with Gasteiger partial charge in [0.1, 0.15) is 29.1 Å². The molecule has 1 unspecified atom stereocenters. The first kappa shape index (κ1) is 12.6. The zero-order chi connectivity index (χ0) is 13.1. The number of aryl methyl sites for hydroxylation is 1. The third-order valence-electron chi connectivity index (χ3n) is 2.72. The molecule has 0 amide bonds. The van der Waals surface area contributed by atoms with Gasteiger partial charge in [-0.05, 0) is 37.3 Å². The van der Waals surface area contributed by atoms with E-state index in [1.807, 2.05) is 13.0 Å². The molecule has 1 heterocycles. The molecule has 1 aromatic heterocycles. The van der Waals surface area contributed by atoms with Crippen molar-refractivity contribution in [2.24, 2.45) is 5.84 Å². The number of hydrogen-bond acceptors (Lipinski definition) is 4. The van der Waals surface area contributed by atoms with Crippen molar-refractivity contribution in [3.05, 3.63) is 53.2 Å². The normalized spacial score (nSPS) is 12.4. The van der Waals surface area contributed by atoms with Crippen LogP contribution in [0.15, 0.2) is 34.7 Å². The molecule has 3 N–H and O–H groups in total. The molecule has 18 heavy (non-hydrogen) atoms. The largest absolute Gasteiger partial charge is 0.496 e. The maximum atomic E-state index is 13.3. The average Bonchev–Trinajstić information content (AvgIpc) is 2.77. The highest BCUT2D eigenvalue weighted by Gasteiger charge is 2.20. The number of ether oxygens (including phenoxy) is 1. The minimum Gasteiger partial charge on any atom is -0.496 e. The van der Waals surface area contributed by atoms with Gasteiger partial charge >= 0.3 is 0 Å². The van der Waals surface area contributed by atoms with E-state index in [2.05, 4.69) is 5.43 Å². The van der Waals surface area contributed by atoms with E-state index in [9.17, 15) is 4.39 Å². The van der Waals surface area contributed by atoms with Crippen LogP contribution in [0, 0.1) is 12.7 Å². The standard InChI is InChI=1S/C13H15FN2O2/c1-8-3-5-12(18-8)13(16-15)10-7-9(14)4-6-11(10)17-2/h3-7,13,16H,15H2,1-2H3. The van der Waals surface area contributed by atoms with Gasteiger partial charge in [-0.2, -0.15) is 0 Å². The minimum absolute atomic E-state index is 0.352. The molecule has 0 saturated carbocycles. The van der Waals surface area contributed by atoms with Crippen LogP contribution >= 0.6 is 0 Å². The van der Waals surface area contributed by atoms with Gasteiger partial charge in [-0.15, -0.1) is 0 Å². The summed E-state index contributed by atoms with van der Waals surface area (Å²) in [5.41, 5.74) is 3.20. The fraction of sp³-hybridized carbons (Fsp3) is 0.231. The number of furan rings is 1. The van der Waals surface area contributed by atoms with Crippen LogP contribution in [0.1, 0.15) is 23.1 Å². The van der Waals surface area contributed by atoms with E-state index in [0.29, 0.717) is 17.1 Å². The van der Waals surface area contributed by atoms with Gasteiger partial charge in [-0.3, -0.25) is 5.84 Å². The molecule has 0 spiro atoms. The van der Waals surface area contributed by atoms with E-state index >= 15 is 0 Å². The highest BCUT2D eigenvalue weighted by atomic mass is 19.1. The van der Waals surface area contributed by atoms with Gasteiger partial charge < -0.3 is 9.15 Å². The van der Waals surface area contributed by atoms with Crippen molar-refractivity contribution < 1.29 is 13.5 Å². The van der Waals surface area contributed by atoms with E-state index in [0.717, 1.165) is 5.76 Å². The highest BCUT2D eigenvalue weighted by molar-refractivity contribution is 5.40. The van der Waals surface area contributed by atoms with Crippen LogP contribution in [-0.4, -0.2) is 7.11 Å². The zero-order valence-corrected chi connectivity index (χ0v) is 10.2. The first-order valence-corrected chi connectivity index (χ1v) is 5.51. The van der Waals surface area contributed by atoms with Crippen LogP contribution in [0.2, 0.25) is 0 Å². The summed E-state index contributed by atoms with van der Waals surface area (Å²) in [6.07, 6.45) is 0. The summed E-state index contributed by atoms with van der Waals surface area (Å²) >= 11 is 0. The molecule has 0 aliphatic carbocycles. The van der Waals surface area contributed by atoms with Crippen LogP contribution in [0.25, 0.3) is 0 Å². The molecule has 1 atom stereocenters. The maximum Gasteiger partial charge on any atom is 0.127 e. The number of benzene rings is 1. The summed E-state index contributed by atoms with van der Waals surface area (Å²) in [7, 11) is 1.53. The van der Waals surface area contributed by atoms with Crippen molar-refractivity contribution in [2.75, 3.05) is 7.11 Å². The third kappa shape index (κ3) is 2.37. The molecule has 2 aromatic rings. The Labute approximate surface area is 105 Å². The lowest BCUT2D eigenvalue weighted by molar-refractivity contribution is 0.389. The van der Waals surface area contributed by atoms with E-state index in [4.69, 9.17) is 15.0 Å². The Hall–Kier alpha value is -1.85. The predicted molar refractivity (Wildman–Crippen MR) is 65.6 cm³/mol. The van der Waals surface area contributed by atoms with Gasteiger partial charge in [-0.25, -0.2) is 9.82 Å². The lowest BCUT2D eigenvalue weighted by Crippen LogP contribution is -2.29. The van der Waals surface area contributed by atoms with E-state index in [-0.39, 0.29) is 5.82 Å². The molecular formula is C13H15FN2O2. The van der Waals surface area contributed by atoms with Gasteiger partial charge in [0.2, 0.25) is 0 Å². The minimum atomic E-state index is -0.454. The second kappa shape index (κ2) is 5.20. The quantitative estimate of drug-likeness (QED) is 0.645. The number of nitrogens with two attached hydrogens (primary N) is 1. The van der Waals surface area contributed by atoms with Gasteiger partial charge in [0.25, 0.3) is 0 Å². The SMILES string of the molecule is COc1ccc(F)cc1C(NN)c1ccc(C)o1. The van der Waals surface area contributed by atoms with Crippen LogP contribution in [0.3, 0.4) is 0 Å². The summed E-state index contributed by atoms with van der Waals surface area (Å²) in [4.78, 5) is 0. The summed E-state index contributed by atoms with van der Waals surface area (Å²) in [6, 6.07) is 7.44. The van der Waals surface area contributed by atoms with E-state index in [1.165, 1.54) is 19.2 Å². The number of hydrazine groups is 1. The Morgan fingerprint density at radius 1 is 1.33 bits per heavy atom. The number of nitrogens with one attached hydrogen (secondary N) is 1. The smallest absolute Gasteiger partial charge is 0.127 e. The molecule has 5 heteroatoms. The Bertz CT molecular complexity index is 540. The average molecular weight is 250 g/mol. The number of halogens is 1. The monoisotopic (exact) mass is 250 g/mol. The molecule has 2 rings (SSSR count). The third-order valence-corrected chi connectivity index (χ3v) is 2.72. The Balaban J connectivity index is 2.47. The lowest BCUT2D eigenvalue weighted by atomic mass is 10.0. The molecule has 1 aromatic carbocycles. The number of rotatable bonds is 4. The van der Waals surface area contributed by atoms with Gasteiger partial charge in [0.15, 0.2) is 0 Å². The fourth-order valence-corrected chi connectivity index (χ4v) is 1.86. The summed E-state index contributed by atoms with van der Waals surface area (Å²) in [5, 5.41) is 0. The number of methoxy groups -OCH3 is 1. The molecule has 0 bridgehead atoms. The van der Waals surface area contributed by atoms with E-state index in [1.54, 1.807) is 12.1 Å². The highest BCUT2D eigenvalue weighted by Crippen LogP contribution is 2.31. The first-order chi connectivity index (χ1) is 8.65. The molecule has 0 fully saturated rings. The number of hydrogen-bond donors (Lipinski definition) is 2. The van der Waals surface area contributed by atoms with Crippen molar-refractivity contribution in [3.8, 4) is 5.75 Å². The molecule has 96 valence electrons. The van der Waals surface area contributed by atoms with Gasteiger partial charge in [0.05, 0.1) is 7.11 Å². The fourth-order valence-electron chi connectivity index (χ4n) is 1.86. The summed E-state index contributed by atoms with van der Waals surface area (Å²) < 4.78 is 24.1. The van der Waals surface area contributed by atoms with Crippen LogP contribution < -0.4 is 16.0 Å². The van der Waals surface area contributed by atoms with Crippen molar-refractivity contribution in [1.82, 2.24) is 5.43 Å².